The van der Waals surface area contributed by atoms with Crippen molar-refractivity contribution in [3.05, 3.63) is 0 Å². The molecule has 0 radical (unpaired) electrons. The fraction of sp³-hybridized carbons (Fsp3) is 0.833. The van der Waals surface area contributed by atoms with E-state index < -0.39 is 28.2 Å². The Bertz CT molecular complexity index is 606. The fourth-order valence-electron chi connectivity index (χ4n) is 4.15. The maximum absolute atomic E-state index is 12.2. The number of Topliss-reactive ketones (excluding diaryl/α,β-unsaturated/α-hetero) is 4. The molecular weight excluding hydrogens is 668 g/mol. The predicted octanol–water partition coefficient (Wildman–Crippen LogP) is 4.63. The van der Waals surface area contributed by atoms with Gasteiger partial charge in [0.25, 0.3) is 0 Å². The number of hydrogen-bond donors (Lipinski definition) is 0. The average Bonchev–Trinajstić information content (AvgIpc) is 2.77. The van der Waals surface area contributed by atoms with Crippen LogP contribution in [0.1, 0.15) is 68.2 Å². The van der Waals surface area contributed by atoms with Gasteiger partial charge in [-0.3, -0.25) is 19.2 Å². The summed E-state index contributed by atoms with van der Waals surface area (Å²) in [5.74, 6) is -0.793. The SMILES string of the molecule is CCC[Si](OC)(OC)C(C(C)=O)C(=O)C(C)C.CCC[Si](OC)(OC)C(C(C)=O)C(=O)C(C)C.[Pt+2]. The van der Waals surface area contributed by atoms with Crippen molar-refractivity contribution in [2.75, 3.05) is 28.4 Å². The zero-order chi connectivity index (χ0) is 27.3. The van der Waals surface area contributed by atoms with E-state index in [2.05, 4.69) is 0 Å². The Labute approximate surface area is 229 Å². The summed E-state index contributed by atoms with van der Waals surface area (Å²) in [4.78, 5) is 47.9. The molecule has 0 rings (SSSR count). The fourth-order valence-corrected chi connectivity index (χ4v) is 11.0. The zero-order valence-electron chi connectivity index (χ0n) is 23.7. The molecule has 0 aromatic rings. The largest absolute Gasteiger partial charge is 2.00 e. The van der Waals surface area contributed by atoms with Crippen LogP contribution in [0.4, 0.5) is 0 Å². The molecule has 0 aliphatic carbocycles. The molecule has 11 heteroatoms. The van der Waals surface area contributed by atoms with Crippen LogP contribution in [0.15, 0.2) is 0 Å². The third kappa shape index (κ3) is 10.9. The monoisotopic (exact) mass is 715 g/mol. The van der Waals surface area contributed by atoms with Crippen molar-refractivity contribution in [1.29, 1.82) is 0 Å². The molecule has 8 nitrogen and oxygen atoms in total. The van der Waals surface area contributed by atoms with Crippen molar-refractivity contribution >= 4 is 40.3 Å². The van der Waals surface area contributed by atoms with Gasteiger partial charge in [-0.1, -0.05) is 54.4 Å². The summed E-state index contributed by atoms with van der Waals surface area (Å²) >= 11 is 0. The second-order valence-electron chi connectivity index (χ2n) is 9.14. The van der Waals surface area contributed by atoms with Crippen molar-refractivity contribution in [1.82, 2.24) is 0 Å². The van der Waals surface area contributed by atoms with Crippen LogP contribution in [0.2, 0.25) is 23.2 Å². The zero-order valence-corrected chi connectivity index (χ0v) is 28.0. The van der Waals surface area contributed by atoms with E-state index in [4.69, 9.17) is 17.7 Å². The number of hydrogen-bond acceptors (Lipinski definition) is 8. The van der Waals surface area contributed by atoms with E-state index in [-0.39, 0.29) is 56.0 Å². The molecule has 0 N–H and O–H groups in total. The molecule has 0 saturated carbocycles. The van der Waals surface area contributed by atoms with Crippen molar-refractivity contribution in [2.45, 2.75) is 91.4 Å². The number of rotatable bonds is 16. The molecule has 2 atom stereocenters. The van der Waals surface area contributed by atoms with Crippen LogP contribution in [0.25, 0.3) is 0 Å². The van der Waals surface area contributed by atoms with Crippen LogP contribution in [-0.2, 0) is 57.9 Å². The number of carbonyl (C=O) groups is 4. The molecule has 208 valence electrons. The predicted molar refractivity (Wildman–Crippen MR) is 138 cm³/mol. The summed E-state index contributed by atoms with van der Waals surface area (Å²) < 4.78 is 22.0. The normalized spacial score (nSPS) is 13.4. The van der Waals surface area contributed by atoms with Crippen molar-refractivity contribution in [3.8, 4) is 0 Å². The molecule has 0 heterocycles. The van der Waals surface area contributed by atoms with Gasteiger partial charge < -0.3 is 17.7 Å². The van der Waals surface area contributed by atoms with Gasteiger partial charge in [-0.05, 0) is 25.9 Å². The summed E-state index contributed by atoms with van der Waals surface area (Å²) in [7, 11) is 0.625. The first kappa shape index (κ1) is 39.2. The Morgan fingerprint density at radius 2 is 0.829 bits per heavy atom. The van der Waals surface area contributed by atoms with Gasteiger partial charge in [0, 0.05) is 40.3 Å². The Morgan fingerprint density at radius 3 is 0.943 bits per heavy atom. The second kappa shape index (κ2) is 18.8. The molecule has 0 spiro atoms. The van der Waals surface area contributed by atoms with E-state index in [1.807, 2.05) is 13.8 Å². The maximum Gasteiger partial charge on any atom is 2.00 e. The van der Waals surface area contributed by atoms with Gasteiger partial charge in [-0.15, -0.1) is 0 Å². The van der Waals surface area contributed by atoms with E-state index in [0.717, 1.165) is 12.8 Å². The Balaban J connectivity index is -0.000000569. The summed E-state index contributed by atoms with van der Waals surface area (Å²) in [6, 6.07) is 1.31. The minimum Gasteiger partial charge on any atom is -0.397 e. The Hall–Kier alpha value is -0.358. The first-order chi connectivity index (χ1) is 15.7. The van der Waals surface area contributed by atoms with Crippen molar-refractivity contribution < 1.29 is 57.9 Å². The summed E-state index contributed by atoms with van der Waals surface area (Å²) in [5.41, 5.74) is -1.42. The molecule has 0 aliphatic heterocycles. The van der Waals surface area contributed by atoms with Crippen LogP contribution >= 0.6 is 0 Å². The third-order valence-corrected chi connectivity index (χ3v) is 14.3. The summed E-state index contributed by atoms with van der Waals surface area (Å²) in [5, 5.41) is 0. The smallest absolute Gasteiger partial charge is 0.397 e. The molecule has 2 unspecified atom stereocenters. The minimum atomic E-state index is -2.76. The van der Waals surface area contributed by atoms with Gasteiger partial charge >= 0.3 is 38.2 Å². The van der Waals surface area contributed by atoms with Gasteiger partial charge in [0.2, 0.25) is 0 Å². The molecule has 0 aliphatic rings. The third-order valence-electron chi connectivity index (χ3n) is 5.98. The van der Waals surface area contributed by atoms with Gasteiger partial charge in [0.1, 0.15) is 34.2 Å². The summed E-state index contributed by atoms with van der Waals surface area (Å²) in [6.45, 7) is 14.1. The molecule has 0 bridgehead atoms. The second-order valence-corrected chi connectivity index (χ2v) is 16.2. The molecule has 35 heavy (non-hydrogen) atoms. The number of carbonyl (C=O) groups excluding carboxylic acids is 4. The van der Waals surface area contributed by atoms with Crippen molar-refractivity contribution in [3.63, 3.8) is 0 Å². The molecule has 0 amide bonds. The van der Waals surface area contributed by atoms with Gasteiger partial charge in [0.05, 0.1) is 0 Å². The quantitative estimate of drug-likeness (QED) is 0.169. The molecule has 0 aromatic carbocycles. The summed E-state index contributed by atoms with van der Waals surface area (Å²) in [6.07, 6.45) is 1.67. The van der Waals surface area contributed by atoms with Gasteiger partial charge in [0.15, 0.2) is 0 Å². The Morgan fingerprint density at radius 1 is 0.600 bits per heavy atom. The van der Waals surface area contributed by atoms with E-state index >= 15 is 0 Å². The van der Waals surface area contributed by atoms with Crippen LogP contribution < -0.4 is 0 Å². The van der Waals surface area contributed by atoms with E-state index in [1.54, 1.807) is 27.7 Å². The van der Waals surface area contributed by atoms with Crippen LogP contribution in [0, 0.1) is 11.8 Å². The Kier molecular flexibility index (Phi) is 21.1. The van der Waals surface area contributed by atoms with Gasteiger partial charge in [-0.2, -0.15) is 0 Å². The molecular formula is C24H48O8PtSi2+2. The van der Waals surface area contributed by atoms with Crippen LogP contribution in [-0.4, -0.2) is 68.7 Å². The van der Waals surface area contributed by atoms with Gasteiger partial charge in [-0.25, -0.2) is 0 Å². The van der Waals surface area contributed by atoms with E-state index in [0.29, 0.717) is 12.1 Å². The average molecular weight is 716 g/mol. The molecule has 0 aromatic heterocycles. The molecule has 0 saturated heterocycles. The van der Waals surface area contributed by atoms with Crippen molar-refractivity contribution in [2.24, 2.45) is 11.8 Å². The standard InChI is InChI=1S/2C12H24O4Si.Pt/c2*1-7-8-17(15-5,16-6)12(10(4)13)11(14)9(2)3;/h2*9,12H,7-8H2,1-6H3;/q;;+2. The topological polar surface area (TPSA) is 105 Å². The van der Waals surface area contributed by atoms with E-state index in [9.17, 15) is 19.2 Å². The maximum atomic E-state index is 12.2. The first-order valence-corrected chi connectivity index (χ1v) is 16.2. The number of ketones is 4. The first-order valence-electron chi connectivity index (χ1n) is 12.0. The van der Waals surface area contributed by atoms with Crippen LogP contribution in [0.5, 0.6) is 0 Å². The van der Waals surface area contributed by atoms with Crippen LogP contribution in [0.3, 0.4) is 0 Å². The molecule has 0 fully saturated rings. The minimum absolute atomic E-state index is 0. The van der Waals surface area contributed by atoms with E-state index in [1.165, 1.54) is 42.3 Å².